The van der Waals surface area contributed by atoms with Crippen molar-refractivity contribution in [2.45, 2.75) is 19.4 Å². The number of likely N-dealkylation sites (tertiary alicyclic amines) is 1. The molecule has 1 aliphatic rings. The molecular weight excluding hydrogens is 136 g/mol. The Morgan fingerprint density at radius 3 is 2.91 bits per heavy atom. The molecule has 1 rings (SSSR count). The minimum atomic E-state index is 0.625. The molecule has 1 aliphatic heterocycles. The molecular formula is C9H16N2. The molecule has 0 aromatic carbocycles. The maximum absolute atomic E-state index is 5.58. The minimum absolute atomic E-state index is 0.625. The van der Waals surface area contributed by atoms with E-state index in [1.165, 1.54) is 6.42 Å². The summed E-state index contributed by atoms with van der Waals surface area (Å²) in [6, 6.07) is 0.625. The van der Waals surface area contributed by atoms with E-state index >= 15 is 0 Å². The van der Waals surface area contributed by atoms with Gasteiger partial charge in [0, 0.05) is 12.6 Å². The van der Waals surface area contributed by atoms with Crippen molar-refractivity contribution < 1.29 is 0 Å². The lowest BCUT2D eigenvalue weighted by atomic mass is 10.1. The number of nitrogens with zero attached hydrogens (tertiary/aromatic N) is 1. The molecule has 0 saturated carbocycles. The largest absolute Gasteiger partial charge is 0.330 e. The first-order chi connectivity index (χ1) is 5.27. The second-order valence-corrected chi connectivity index (χ2v) is 3.32. The molecule has 0 amide bonds. The molecule has 0 spiro atoms. The Labute approximate surface area is 68.8 Å². The highest BCUT2D eigenvalue weighted by Gasteiger charge is 2.26. The Balaban J connectivity index is 2.39. The van der Waals surface area contributed by atoms with E-state index in [1.807, 2.05) is 0 Å². The molecule has 0 bridgehead atoms. The molecule has 2 nitrogen and oxygen atoms in total. The van der Waals surface area contributed by atoms with E-state index in [0.29, 0.717) is 12.0 Å². The van der Waals surface area contributed by atoms with E-state index in [0.717, 1.165) is 19.6 Å². The van der Waals surface area contributed by atoms with Gasteiger partial charge in [0.05, 0.1) is 6.54 Å². The van der Waals surface area contributed by atoms with Crippen molar-refractivity contribution in [1.29, 1.82) is 0 Å². The van der Waals surface area contributed by atoms with Gasteiger partial charge in [-0.25, -0.2) is 0 Å². The van der Waals surface area contributed by atoms with Gasteiger partial charge >= 0.3 is 0 Å². The third kappa shape index (κ3) is 1.95. The fourth-order valence-electron chi connectivity index (χ4n) is 1.73. The van der Waals surface area contributed by atoms with Gasteiger partial charge in [0.25, 0.3) is 0 Å². The summed E-state index contributed by atoms with van der Waals surface area (Å²) < 4.78 is 0. The van der Waals surface area contributed by atoms with Gasteiger partial charge in [0.15, 0.2) is 0 Å². The van der Waals surface area contributed by atoms with Crippen molar-refractivity contribution in [3.8, 4) is 12.3 Å². The van der Waals surface area contributed by atoms with Gasteiger partial charge in [-0.3, -0.25) is 4.90 Å². The third-order valence-corrected chi connectivity index (χ3v) is 2.42. The SMILES string of the molecule is C#CCN1CC(CN)CC1C. The van der Waals surface area contributed by atoms with Crippen LogP contribution in [0.15, 0.2) is 0 Å². The standard InChI is InChI=1S/C9H16N2/c1-3-4-11-7-9(6-10)5-8(11)2/h1,8-9H,4-7,10H2,2H3. The van der Waals surface area contributed by atoms with Crippen molar-refractivity contribution >= 4 is 0 Å². The molecule has 0 radical (unpaired) electrons. The van der Waals surface area contributed by atoms with Crippen LogP contribution >= 0.6 is 0 Å². The fraction of sp³-hybridized carbons (Fsp3) is 0.778. The predicted octanol–water partition coefficient (Wildman–Crippen LogP) is 0.289. The number of terminal acetylenes is 1. The van der Waals surface area contributed by atoms with Gasteiger partial charge in [0.2, 0.25) is 0 Å². The monoisotopic (exact) mass is 152 g/mol. The molecule has 2 N–H and O–H groups in total. The van der Waals surface area contributed by atoms with E-state index in [9.17, 15) is 0 Å². The summed E-state index contributed by atoms with van der Waals surface area (Å²) in [6.45, 7) is 4.87. The zero-order valence-corrected chi connectivity index (χ0v) is 7.09. The predicted molar refractivity (Wildman–Crippen MR) is 47.0 cm³/mol. The maximum Gasteiger partial charge on any atom is 0.0601 e. The summed E-state index contributed by atoms with van der Waals surface area (Å²) in [5.41, 5.74) is 5.58. The smallest absolute Gasteiger partial charge is 0.0601 e. The van der Waals surface area contributed by atoms with Crippen LogP contribution in [0.3, 0.4) is 0 Å². The number of nitrogens with two attached hydrogens (primary N) is 1. The molecule has 0 aromatic rings. The van der Waals surface area contributed by atoms with Crippen LogP contribution in [0.5, 0.6) is 0 Å². The summed E-state index contributed by atoms with van der Waals surface area (Å²) in [5, 5.41) is 0. The Bertz CT molecular complexity index is 159. The zero-order chi connectivity index (χ0) is 8.27. The Hall–Kier alpha value is -0.520. The maximum atomic E-state index is 5.58. The first kappa shape index (κ1) is 8.58. The lowest BCUT2D eigenvalue weighted by Gasteiger charge is -2.16. The molecule has 62 valence electrons. The van der Waals surface area contributed by atoms with Crippen molar-refractivity contribution in [3.05, 3.63) is 0 Å². The van der Waals surface area contributed by atoms with E-state index < -0.39 is 0 Å². The highest BCUT2D eigenvalue weighted by atomic mass is 15.2. The van der Waals surface area contributed by atoms with Gasteiger partial charge in [-0.1, -0.05) is 5.92 Å². The molecule has 1 fully saturated rings. The van der Waals surface area contributed by atoms with E-state index in [4.69, 9.17) is 12.2 Å². The third-order valence-electron chi connectivity index (χ3n) is 2.42. The Morgan fingerprint density at radius 1 is 1.73 bits per heavy atom. The fourth-order valence-corrected chi connectivity index (χ4v) is 1.73. The van der Waals surface area contributed by atoms with Crippen molar-refractivity contribution in [2.75, 3.05) is 19.6 Å². The van der Waals surface area contributed by atoms with Crippen molar-refractivity contribution in [3.63, 3.8) is 0 Å². The van der Waals surface area contributed by atoms with Gasteiger partial charge in [-0.2, -0.15) is 0 Å². The van der Waals surface area contributed by atoms with Crippen LogP contribution in [-0.4, -0.2) is 30.6 Å². The molecule has 1 saturated heterocycles. The van der Waals surface area contributed by atoms with Crippen LogP contribution in [0.4, 0.5) is 0 Å². The topological polar surface area (TPSA) is 29.3 Å². The van der Waals surface area contributed by atoms with Gasteiger partial charge < -0.3 is 5.73 Å². The molecule has 2 heteroatoms. The van der Waals surface area contributed by atoms with Gasteiger partial charge in [-0.15, -0.1) is 6.42 Å². The first-order valence-electron chi connectivity index (χ1n) is 4.15. The lowest BCUT2D eigenvalue weighted by Crippen LogP contribution is -2.28. The van der Waals surface area contributed by atoms with Crippen molar-refractivity contribution in [1.82, 2.24) is 4.90 Å². The molecule has 11 heavy (non-hydrogen) atoms. The number of hydrogen-bond donors (Lipinski definition) is 1. The summed E-state index contributed by atoms with van der Waals surface area (Å²) in [5.74, 6) is 3.33. The lowest BCUT2D eigenvalue weighted by molar-refractivity contribution is 0.298. The second-order valence-electron chi connectivity index (χ2n) is 3.32. The van der Waals surface area contributed by atoms with Crippen LogP contribution in [0.1, 0.15) is 13.3 Å². The average molecular weight is 152 g/mol. The zero-order valence-electron chi connectivity index (χ0n) is 7.09. The number of hydrogen-bond acceptors (Lipinski definition) is 2. The average Bonchev–Trinajstić information content (AvgIpc) is 2.33. The Morgan fingerprint density at radius 2 is 2.45 bits per heavy atom. The van der Waals surface area contributed by atoms with Crippen molar-refractivity contribution in [2.24, 2.45) is 11.7 Å². The van der Waals surface area contributed by atoms with Gasteiger partial charge in [0.1, 0.15) is 0 Å². The van der Waals surface area contributed by atoms with E-state index in [1.54, 1.807) is 0 Å². The summed E-state index contributed by atoms with van der Waals surface area (Å²) >= 11 is 0. The summed E-state index contributed by atoms with van der Waals surface area (Å²) in [6.07, 6.45) is 6.44. The highest BCUT2D eigenvalue weighted by molar-refractivity contribution is 4.93. The molecule has 1 heterocycles. The minimum Gasteiger partial charge on any atom is -0.330 e. The van der Waals surface area contributed by atoms with Crippen LogP contribution in [0.2, 0.25) is 0 Å². The van der Waals surface area contributed by atoms with Crippen LogP contribution in [0, 0.1) is 18.3 Å². The second kappa shape index (κ2) is 3.75. The quantitative estimate of drug-likeness (QED) is 0.576. The first-order valence-corrected chi connectivity index (χ1v) is 4.15. The van der Waals surface area contributed by atoms with Crippen LogP contribution in [0.25, 0.3) is 0 Å². The number of rotatable bonds is 2. The molecule has 0 aromatic heterocycles. The van der Waals surface area contributed by atoms with Crippen LogP contribution in [-0.2, 0) is 0 Å². The van der Waals surface area contributed by atoms with Crippen LogP contribution < -0.4 is 5.73 Å². The van der Waals surface area contributed by atoms with E-state index in [-0.39, 0.29) is 0 Å². The summed E-state index contributed by atoms with van der Waals surface area (Å²) in [4.78, 5) is 2.32. The normalized spacial score (nSPS) is 32.1. The van der Waals surface area contributed by atoms with E-state index in [2.05, 4.69) is 17.7 Å². The van der Waals surface area contributed by atoms with Gasteiger partial charge in [-0.05, 0) is 25.8 Å². The molecule has 0 aliphatic carbocycles. The highest BCUT2D eigenvalue weighted by Crippen LogP contribution is 2.20. The molecule has 2 unspecified atom stereocenters. The Kier molecular flexibility index (Phi) is 2.92. The molecule has 2 atom stereocenters. The summed E-state index contributed by atoms with van der Waals surface area (Å²) in [7, 11) is 0.